The molecule has 0 aliphatic heterocycles. The highest BCUT2D eigenvalue weighted by Gasteiger charge is 2.20. The highest BCUT2D eigenvalue weighted by molar-refractivity contribution is 5.92. The van der Waals surface area contributed by atoms with Crippen LogP contribution in [-0.4, -0.2) is 15.6 Å². The highest BCUT2D eigenvalue weighted by atomic mass is 16.1. The molecule has 1 aromatic heterocycles. The van der Waals surface area contributed by atoms with E-state index in [0.29, 0.717) is 5.69 Å². The zero-order chi connectivity index (χ0) is 10.2. The summed E-state index contributed by atoms with van der Waals surface area (Å²) in [5.41, 5.74) is 1.44. The van der Waals surface area contributed by atoms with E-state index < -0.39 is 0 Å². The average molecular weight is 180 g/mol. The van der Waals surface area contributed by atoms with Crippen molar-refractivity contribution in [3.63, 3.8) is 0 Å². The predicted octanol–water partition coefficient (Wildman–Crippen LogP) is 2.15. The third-order valence-corrected chi connectivity index (χ3v) is 1.83. The molecule has 0 saturated heterocycles. The lowest BCUT2D eigenvalue weighted by Crippen LogP contribution is -2.26. The maximum absolute atomic E-state index is 11.3. The van der Waals surface area contributed by atoms with Crippen LogP contribution in [0.5, 0.6) is 0 Å². The highest BCUT2D eigenvalue weighted by Crippen LogP contribution is 2.17. The molecular formula is C10H16N2O. The number of rotatable bonds is 1. The first-order valence-electron chi connectivity index (χ1n) is 4.40. The molecule has 3 heteroatoms. The molecule has 72 valence electrons. The lowest BCUT2D eigenvalue weighted by atomic mass is 10.1. The molecular weight excluding hydrogens is 164 g/mol. The van der Waals surface area contributed by atoms with Crippen LogP contribution >= 0.6 is 0 Å². The van der Waals surface area contributed by atoms with Crippen molar-refractivity contribution in [1.82, 2.24) is 9.78 Å². The number of aromatic nitrogens is 2. The average Bonchev–Trinajstić information content (AvgIpc) is 2.29. The molecule has 0 unspecified atom stereocenters. The Morgan fingerprint density at radius 3 is 2.31 bits per heavy atom. The van der Waals surface area contributed by atoms with Gasteiger partial charge in [-0.05, 0) is 33.8 Å². The van der Waals surface area contributed by atoms with E-state index in [9.17, 15) is 4.79 Å². The Balaban J connectivity index is 3.28. The SMILES string of the molecule is CC(=O)c1cc(C)nn1C(C)(C)C. The van der Waals surface area contributed by atoms with Crippen LogP contribution in [0.15, 0.2) is 6.07 Å². The van der Waals surface area contributed by atoms with Crippen molar-refractivity contribution in [1.29, 1.82) is 0 Å². The van der Waals surface area contributed by atoms with Crippen molar-refractivity contribution in [2.24, 2.45) is 0 Å². The molecule has 0 bridgehead atoms. The Bertz CT molecular complexity index is 331. The normalized spacial score (nSPS) is 11.8. The topological polar surface area (TPSA) is 34.9 Å². The van der Waals surface area contributed by atoms with E-state index in [0.717, 1.165) is 5.69 Å². The molecule has 0 spiro atoms. The van der Waals surface area contributed by atoms with Crippen molar-refractivity contribution in [2.75, 3.05) is 0 Å². The Labute approximate surface area is 78.8 Å². The third kappa shape index (κ3) is 1.97. The standard InChI is InChI=1S/C10H16N2O/c1-7-6-9(8(2)13)12(11-7)10(3,4)5/h6H,1-5H3. The van der Waals surface area contributed by atoms with Gasteiger partial charge in [-0.1, -0.05) is 0 Å². The maximum Gasteiger partial charge on any atom is 0.177 e. The van der Waals surface area contributed by atoms with Gasteiger partial charge in [0.15, 0.2) is 5.78 Å². The van der Waals surface area contributed by atoms with Crippen LogP contribution in [0, 0.1) is 6.92 Å². The lowest BCUT2D eigenvalue weighted by molar-refractivity contribution is 0.0996. The van der Waals surface area contributed by atoms with Crippen LogP contribution in [-0.2, 0) is 5.54 Å². The molecule has 1 heterocycles. The van der Waals surface area contributed by atoms with Crippen molar-refractivity contribution in [3.8, 4) is 0 Å². The first-order chi connectivity index (χ1) is 5.82. The number of carbonyl (C=O) groups is 1. The van der Waals surface area contributed by atoms with Gasteiger partial charge >= 0.3 is 0 Å². The van der Waals surface area contributed by atoms with Gasteiger partial charge in [0.1, 0.15) is 5.69 Å². The van der Waals surface area contributed by atoms with E-state index in [2.05, 4.69) is 5.10 Å². The summed E-state index contributed by atoms with van der Waals surface area (Å²) in [6.45, 7) is 9.57. The van der Waals surface area contributed by atoms with Crippen molar-refractivity contribution in [3.05, 3.63) is 17.5 Å². The van der Waals surface area contributed by atoms with Gasteiger partial charge in [-0.3, -0.25) is 9.48 Å². The number of ketones is 1. The zero-order valence-electron chi connectivity index (χ0n) is 8.88. The first kappa shape index (κ1) is 9.96. The first-order valence-corrected chi connectivity index (χ1v) is 4.40. The van der Waals surface area contributed by atoms with Crippen LogP contribution in [0.25, 0.3) is 0 Å². The van der Waals surface area contributed by atoms with E-state index in [4.69, 9.17) is 0 Å². The van der Waals surface area contributed by atoms with Crippen molar-refractivity contribution in [2.45, 2.75) is 40.2 Å². The van der Waals surface area contributed by atoms with Gasteiger partial charge in [0, 0.05) is 6.92 Å². The third-order valence-electron chi connectivity index (χ3n) is 1.83. The summed E-state index contributed by atoms with van der Waals surface area (Å²) in [6, 6.07) is 1.83. The summed E-state index contributed by atoms with van der Waals surface area (Å²) >= 11 is 0. The Morgan fingerprint density at radius 2 is 2.00 bits per heavy atom. The van der Waals surface area contributed by atoms with Gasteiger partial charge in [-0.15, -0.1) is 0 Å². The molecule has 1 aromatic rings. The van der Waals surface area contributed by atoms with Crippen LogP contribution in [0.1, 0.15) is 43.9 Å². The Kier molecular flexibility index (Phi) is 2.28. The number of carbonyl (C=O) groups excluding carboxylic acids is 1. The Morgan fingerprint density at radius 1 is 1.46 bits per heavy atom. The summed E-state index contributed by atoms with van der Waals surface area (Å²) in [4.78, 5) is 11.3. The van der Waals surface area contributed by atoms with E-state index in [1.54, 1.807) is 11.6 Å². The number of aryl methyl sites for hydroxylation is 1. The summed E-state index contributed by atoms with van der Waals surface area (Å²) in [7, 11) is 0. The van der Waals surface area contributed by atoms with Crippen LogP contribution in [0.4, 0.5) is 0 Å². The molecule has 0 N–H and O–H groups in total. The molecule has 13 heavy (non-hydrogen) atoms. The molecule has 0 atom stereocenters. The molecule has 1 rings (SSSR count). The quantitative estimate of drug-likeness (QED) is 0.621. The molecule has 0 radical (unpaired) electrons. The van der Waals surface area contributed by atoms with E-state index >= 15 is 0 Å². The monoisotopic (exact) mass is 180 g/mol. The van der Waals surface area contributed by atoms with Gasteiger partial charge in [0.05, 0.1) is 11.2 Å². The van der Waals surface area contributed by atoms with E-state index in [1.807, 2.05) is 33.8 Å². The fraction of sp³-hybridized carbons (Fsp3) is 0.600. The second-order valence-electron chi connectivity index (χ2n) is 4.31. The molecule has 0 aliphatic carbocycles. The van der Waals surface area contributed by atoms with Crippen molar-refractivity contribution < 1.29 is 4.79 Å². The minimum Gasteiger partial charge on any atom is -0.293 e. The number of hydrogen-bond acceptors (Lipinski definition) is 2. The second-order valence-corrected chi connectivity index (χ2v) is 4.31. The fourth-order valence-electron chi connectivity index (χ4n) is 1.26. The summed E-state index contributed by atoms with van der Waals surface area (Å²) in [5.74, 6) is 0.0653. The smallest absolute Gasteiger partial charge is 0.177 e. The summed E-state index contributed by atoms with van der Waals surface area (Å²) in [6.07, 6.45) is 0. The lowest BCUT2D eigenvalue weighted by Gasteiger charge is -2.21. The minimum absolute atomic E-state index is 0.0653. The predicted molar refractivity (Wildman–Crippen MR) is 52.0 cm³/mol. The van der Waals surface area contributed by atoms with Crippen LogP contribution in [0.3, 0.4) is 0 Å². The van der Waals surface area contributed by atoms with Crippen LogP contribution < -0.4 is 0 Å². The maximum atomic E-state index is 11.3. The number of hydrogen-bond donors (Lipinski definition) is 0. The Hall–Kier alpha value is -1.12. The molecule has 0 aliphatic rings. The van der Waals surface area contributed by atoms with Gasteiger partial charge in [0.2, 0.25) is 0 Å². The molecule has 0 amide bonds. The van der Waals surface area contributed by atoms with E-state index in [1.165, 1.54) is 0 Å². The zero-order valence-corrected chi connectivity index (χ0v) is 8.88. The van der Waals surface area contributed by atoms with Gasteiger partial charge < -0.3 is 0 Å². The summed E-state index contributed by atoms with van der Waals surface area (Å²) < 4.78 is 1.78. The fourth-order valence-corrected chi connectivity index (χ4v) is 1.26. The molecule has 0 saturated carbocycles. The minimum atomic E-state index is -0.130. The van der Waals surface area contributed by atoms with Gasteiger partial charge in [0.25, 0.3) is 0 Å². The second kappa shape index (κ2) is 2.98. The molecule has 3 nitrogen and oxygen atoms in total. The molecule has 0 fully saturated rings. The molecule has 0 aromatic carbocycles. The largest absolute Gasteiger partial charge is 0.293 e. The number of nitrogens with zero attached hydrogens (tertiary/aromatic N) is 2. The summed E-state index contributed by atoms with van der Waals surface area (Å²) in [5, 5.41) is 4.30. The van der Waals surface area contributed by atoms with Crippen molar-refractivity contribution >= 4 is 5.78 Å². The van der Waals surface area contributed by atoms with Gasteiger partial charge in [-0.2, -0.15) is 5.10 Å². The van der Waals surface area contributed by atoms with Gasteiger partial charge in [-0.25, -0.2) is 0 Å². The number of Topliss-reactive ketones (excluding diaryl/α,β-unsaturated/α-hetero) is 1. The van der Waals surface area contributed by atoms with E-state index in [-0.39, 0.29) is 11.3 Å². The van der Waals surface area contributed by atoms with Crippen LogP contribution in [0.2, 0.25) is 0 Å².